The summed E-state index contributed by atoms with van der Waals surface area (Å²) in [7, 11) is 0. The molecule has 0 aliphatic heterocycles. The van der Waals surface area contributed by atoms with Gasteiger partial charge in [-0.2, -0.15) is 5.10 Å². The minimum Gasteiger partial charge on any atom is -0.404 e. The van der Waals surface area contributed by atoms with Gasteiger partial charge in [-0.05, 0) is 63.1 Å². The van der Waals surface area contributed by atoms with Crippen LogP contribution in [0, 0.1) is 37.5 Å². The highest BCUT2D eigenvalue weighted by atomic mass is 19.1. The molecular formula is C24H27FN8O3. The highest BCUT2D eigenvalue weighted by molar-refractivity contribution is 6.16. The molecule has 0 amide bonds. The average Bonchev–Trinajstić information content (AvgIpc) is 3.10. The largest absolute Gasteiger partial charge is 0.404 e. The van der Waals surface area contributed by atoms with Crippen LogP contribution in [0.3, 0.4) is 0 Å². The van der Waals surface area contributed by atoms with Crippen LogP contribution in [0.2, 0.25) is 0 Å². The summed E-state index contributed by atoms with van der Waals surface area (Å²) < 4.78 is 15.8. The molecule has 1 atom stereocenters. The Kier molecular flexibility index (Phi) is 7.90. The number of hydrogen-bond acceptors (Lipinski definition) is 9. The van der Waals surface area contributed by atoms with Crippen molar-refractivity contribution in [3.63, 3.8) is 0 Å². The zero-order chi connectivity index (χ0) is 26.6. The molecule has 0 bridgehead atoms. The molecule has 2 heterocycles. The molecule has 0 radical (unpaired) electrons. The van der Waals surface area contributed by atoms with Crippen LogP contribution in [-0.4, -0.2) is 37.8 Å². The Balaban J connectivity index is 1.85. The molecular weight excluding hydrogens is 467 g/mol. The Hall–Kier alpha value is -4.45. The number of rotatable bonds is 8. The molecule has 36 heavy (non-hydrogen) atoms. The van der Waals surface area contributed by atoms with Crippen molar-refractivity contribution < 1.29 is 19.1 Å². The van der Waals surface area contributed by atoms with E-state index in [1.807, 2.05) is 13.8 Å². The number of aliphatic hydroxyl groups is 1. The number of nitrogens with two attached hydrogens (primary N) is 1. The number of nitrogens with zero attached hydrogens (tertiary/aromatic N) is 4. The SMILES string of the molecule is Cc1cc(F)c(C(=N)N=N)cc1NOC(=O)/C(=C/N)c1cc(-c2c(C)nn(C[C@H](C)O)c2C)ccn1. The van der Waals surface area contributed by atoms with Crippen molar-refractivity contribution in [1.29, 1.82) is 10.9 Å². The number of benzene rings is 1. The van der Waals surface area contributed by atoms with Gasteiger partial charge in [0.25, 0.3) is 0 Å². The molecule has 0 fully saturated rings. The first kappa shape index (κ1) is 26.2. The smallest absolute Gasteiger partial charge is 0.366 e. The molecule has 0 unspecified atom stereocenters. The third-order valence-corrected chi connectivity index (χ3v) is 5.46. The Morgan fingerprint density at radius 1 is 1.36 bits per heavy atom. The van der Waals surface area contributed by atoms with Crippen LogP contribution in [0.25, 0.3) is 16.7 Å². The number of nitrogens with one attached hydrogen (secondary N) is 3. The summed E-state index contributed by atoms with van der Waals surface area (Å²) in [5, 5.41) is 24.8. The minimum absolute atomic E-state index is 0.0232. The van der Waals surface area contributed by atoms with Crippen molar-refractivity contribution in [2.75, 3.05) is 5.48 Å². The van der Waals surface area contributed by atoms with Gasteiger partial charge < -0.3 is 15.7 Å². The molecule has 11 nitrogen and oxygen atoms in total. The van der Waals surface area contributed by atoms with Gasteiger partial charge in [-0.15, -0.1) is 5.11 Å². The predicted octanol–water partition coefficient (Wildman–Crippen LogP) is 3.62. The second kappa shape index (κ2) is 10.9. The van der Waals surface area contributed by atoms with Crippen LogP contribution < -0.4 is 11.2 Å². The van der Waals surface area contributed by atoms with Crippen LogP contribution in [-0.2, 0) is 16.2 Å². The molecule has 3 aromatic rings. The van der Waals surface area contributed by atoms with Gasteiger partial charge in [0.2, 0.25) is 0 Å². The maximum Gasteiger partial charge on any atom is 0.366 e. The van der Waals surface area contributed by atoms with Gasteiger partial charge in [-0.3, -0.25) is 15.1 Å². The van der Waals surface area contributed by atoms with E-state index in [1.54, 1.807) is 30.7 Å². The summed E-state index contributed by atoms with van der Waals surface area (Å²) >= 11 is 0. The van der Waals surface area contributed by atoms with E-state index in [2.05, 4.69) is 20.7 Å². The van der Waals surface area contributed by atoms with Gasteiger partial charge in [0, 0.05) is 23.7 Å². The first-order valence-electron chi connectivity index (χ1n) is 10.9. The Morgan fingerprint density at radius 3 is 2.72 bits per heavy atom. The molecule has 188 valence electrons. The highest BCUT2D eigenvalue weighted by Crippen LogP contribution is 2.29. The fourth-order valence-electron chi connectivity index (χ4n) is 3.71. The lowest BCUT2D eigenvalue weighted by Gasteiger charge is -2.13. The first-order valence-corrected chi connectivity index (χ1v) is 10.9. The zero-order valence-corrected chi connectivity index (χ0v) is 20.3. The number of amidine groups is 1. The van der Waals surface area contributed by atoms with E-state index in [1.165, 1.54) is 12.3 Å². The van der Waals surface area contributed by atoms with Gasteiger partial charge in [-0.1, -0.05) is 0 Å². The molecule has 0 spiro atoms. The molecule has 0 aliphatic rings. The maximum absolute atomic E-state index is 14.1. The third-order valence-electron chi connectivity index (χ3n) is 5.46. The van der Waals surface area contributed by atoms with Gasteiger partial charge in [-0.25, -0.2) is 20.2 Å². The fraction of sp³-hybridized carbons (Fsp3) is 0.250. The fourth-order valence-corrected chi connectivity index (χ4v) is 3.71. The summed E-state index contributed by atoms with van der Waals surface area (Å²) in [5.74, 6) is -2.14. The molecule has 12 heteroatoms. The molecule has 2 aromatic heterocycles. The van der Waals surface area contributed by atoms with Crippen LogP contribution >= 0.6 is 0 Å². The van der Waals surface area contributed by atoms with Crippen LogP contribution in [0.5, 0.6) is 0 Å². The van der Waals surface area contributed by atoms with E-state index >= 15 is 0 Å². The number of carbonyl (C=O) groups is 1. The lowest BCUT2D eigenvalue weighted by molar-refractivity contribution is -0.133. The van der Waals surface area contributed by atoms with E-state index in [0.717, 1.165) is 34.8 Å². The van der Waals surface area contributed by atoms with Gasteiger partial charge >= 0.3 is 5.97 Å². The second-order valence-electron chi connectivity index (χ2n) is 8.19. The molecule has 0 saturated carbocycles. The van der Waals surface area contributed by atoms with E-state index in [-0.39, 0.29) is 22.5 Å². The molecule has 3 rings (SSSR count). The predicted molar refractivity (Wildman–Crippen MR) is 132 cm³/mol. The number of aromatic nitrogens is 3. The van der Waals surface area contributed by atoms with Gasteiger partial charge in [0.15, 0.2) is 5.84 Å². The van der Waals surface area contributed by atoms with E-state index < -0.39 is 23.7 Å². The van der Waals surface area contributed by atoms with E-state index in [4.69, 9.17) is 21.5 Å². The topological polar surface area (TPSA) is 175 Å². The Morgan fingerprint density at radius 2 is 2.08 bits per heavy atom. The summed E-state index contributed by atoms with van der Waals surface area (Å²) in [5.41, 5.74) is 18.9. The van der Waals surface area contributed by atoms with Crippen LogP contribution in [0.15, 0.2) is 41.8 Å². The first-order chi connectivity index (χ1) is 17.1. The molecule has 0 saturated heterocycles. The lowest BCUT2D eigenvalue weighted by atomic mass is 10.0. The van der Waals surface area contributed by atoms with Crippen molar-refractivity contribution in [2.45, 2.75) is 40.3 Å². The molecule has 6 N–H and O–H groups in total. The van der Waals surface area contributed by atoms with Gasteiger partial charge in [0.05, 0.1) is 35.3 Å². The summed E-state index contributed by atoms with van der Waals surface area (Å²) in [6, 6.07) is 5.82. The number of hydrogen-bond donors (Lipinski definition) is 5. The standard InChI is InChI=1S/C24H27FN8O3/c1-12-7-19(25)17(23(27)30-28)9-20(12)32-36-24(35)18(10-26)21-8-16(5-6-29-21)22-14(3)31-33(15(22)4)11-13(2)34/h5-10,13,27-28,32,34H,11,26H2,1-4H3/b18-10+,27-23?,30-28?/t13-/m0/s1. The van der Waals surface area contributed by atoms with Crippen LogP contribution in [0.1, 0.15) is 35.1 Å². The Labute approximate surface area is 206 Å². The van der Waals surface area contributed by atoms with E-state index in [0.29, 0.717) is 12.1 Å². The molecule has 1 aromatic carbocycles. The van der Waals surface area contributed by atoms with Crippen molar-refractivity contribution in [1.82, 2.24) is 14.8 Å². The summed E-state index contributed by atoms with van der Waals surface area (Å²) in [6.07, 6.45) is 2.04. The number of anilines is 1. The molecule has 0 aliphatic carbocycles. The quantitative estimate of drug-likeness (QED) is 0.104. The monoisotopic (exact) mass is 494 g/mol. The van der Waals surface area contributed by atoms with E-state index in [9.17, 15) is 14.3 Å². The van der Waals surface area contributed by atoms with Crippen LogP contribution in [0.4, 0.5) is 10.1 Å². The van der Waals surface area contributed by atoms with Gasteiger partial charge in [0.1, 0.15) is 11.4 Å². The summed E-state index contributed by atoms with van der Waals surface area (Å²) in [6.45, 7) is 7.35. The third kappa shape index (κ3) is 5.44. The Bertz CT molecular complexity index is 1360. The van der Waals surface area contributed by atoms with Crippen molar-refractivity contribution in [3.8, 4) is 11.1 Å². The highest BCUT2D eigenvalue weighted by Gasteiger charge is 2.20. The maximum atomic E-state index is 14.1. The number of aryl methyl sites for hydroxylation is 2. The average molecular weight is 495 g/mol. The number of carbonyl (C=O) groups excluding carboxylic acids is 1. The number of aliphatic hydroxyl groups excluding tert-OH is 1. The lowest BCUT2D eigenvalue weighted by Crippen LogP contribution is -2.15. The second-order valence-corrected chi connectivity index (χ2v) is 8.19. The zero-order valence-electron chi connectivity index (χ0n) is 20.3. The van der Waals surface area contributed by atoms with Crippen molar-refractivity contribution in [3.05, 3.63) is 70.7 Å². The van der Waals surface area contributed by atoms with Crippen molar-refractivity contribution in [2.24, 2.45) is 10.8 Å². The van der Waals surface area contributed by atoms with Crippen molar-refractivity contribution >= 4 is 23.1 Å². The minimum atomic E-state index is -0.842. The normalized spacial score (nSPS) is 12.2. The summed E-state index contributed by atoms with van der Waals surface area (Å²) in [4.78, 5) is 22.2. The number of halogens is 1. The number of pyridine rings is 1.